The third-order valence-corrected chi connectivity index (χ3v) is 2.64. The van der Waals surface area contributed by atoms with Gasteiger partial charge in [-0.1, -0.05) is 18.2 Å². The first kappa shape index (κ1) is 12.2. The van der Waals surface area contributed by atoms with E-state index in [1.54, 1.807) is 7.11 Å². The van der Waals surface area contributed by atoms with Crippen LogP contribution in [0.15, 0.2) is 18.2 Å². The monoisotopic (exact) mass is 207 g/mol. The fourth-order valence-corrected chi connectivity index (χ4v) is 1.49. The van der Waals surface area contributed by atoms with Crippen molar-refractivity contribution in [2.45, 2.75) is 20.3 Å². The Balaban J connectivity index is 2.28. The van der Waals surface area contributed by atoms with Gasteiger partial charge < -0.3 is 10.1 Å². The largest absolute Gasteiger partial charge is 0.383 e. The summed E-state index contributed by atoms with van der Waals surface area (Å²) in [4.78, 5) is 0. The third kappa shape index (κ3) is 4.45. The molecule has 2 nitrogen and oxygen atoms in total. The summed E-state index contributed by atoms with van der Waals surface area (Å²) in [5, 5.41) is 3.34. The first-order valence-electron chi connectivity index (χ1n) is 5.50. The predicted molar refractivity (Wildman–Crippen MR) is 64.4 cm³/mol. The van der Waals surface area contributed by atoms with E-state index >= 15 is 0 Å². The molecule has 0 aromatic heterocycles. The highest BCUT2D eigenvalue weighted by molar-refractivity contribution is 5.29. The molecule has 0 radical (unpaired) electrons. The zero-order valence-electron chi connectivity index (χ0n) is 9.97. The highest BCUT2D eigenvalue weighted by Crippen LogP contribution is 2.09. The Morgan fingerprint density at radius 3 is 2.60 bits per heavy atom. The number of ether oxygens (including phenoxy) is 1. The van der Waals surface area contributed by atoms with Gasteiger partial charge in [-0.3, -0.25) is 0 Å². The van der Waals surface area contributed by atoms with E-state index in [0.717, 1.165) is 26.1 Å². The van der Waals surface area contributed by atoms with Crippen LogP contribution in [0.1, 0.15) is 16.7 Å². The first-order chi connectivity index (χ1) is 7.24. The van der Waals surface area contributed by atoms with Crippen LogP contribution in [0.25, 0.3) is 0 Å². The molecule has 0 unspecified atom stereocenters. The number of hydrogen-bond acceptors (Lipinski definition) is 2. The molecule has 0 bridgehead atoms. The van der Waals surface area contributed by atoms with E-state index in [4.69, 9.17) is 4.74 Å². The molecule has 1 N–H and O–H groups in total. The SMILES string of the molecule is COCCNCCc1ccc(C)c(C)c1. The minimum atomic E-state index is 0.785. The molecular formula is C13H21NO. The summed E-state index contributed by atoms with van der Waals surface area (Å²) in [5.41, 5.74) is 4.15. The van der Waals surface area contributed by atoms with Crippen LogP contribution in [0.3, 0.4) is 0 Å². The lowest BCUT2D eigenvalue weighted by Gasteiger charge is -2.06. The lowest BCUT2D eigenvalue weighted by molar-refractivity contribution is 0.199. The van der Waals surface area contributed by atoms with Crippen molar-refractivity contribution < 1.29 is 4.74 Å². The molecule has 1 aromatic rings. The van der Waals surface area contributed by atoms with Crippen LogP contribution in [0.5, 0.6) is 0 Å². The maximum absolute atomic E-state index is 4.97. The third-order valence-electron chi connectivity index (χ3n) is 2.64. The molecule has 1 aromatic carbocycles. The molecule has 0 atom stereocenters. The number of benzene rings is 1. The second-order valence-electron chi connectivity index (χ2n) is 3.91. The minimum absolute atomic E-state index is 0.785. The van der Waals surface area contributed by atoms with Crippen molar-refractivity contribution in [2.24, 2.45) is 0 Å². The van der Waals surface area contributed by atoms with Gasteiger partial charge in [0.2, 0.25) is 0 Å². The van der Waals surface area contributed by atoms with Gasteiger partial charge in [0, 0.05) is 13.7 Å². The van der Waals surface area contributed by atoms with E-state index in [9.17, 15) is 0 Å². The van der Waals surface area contributed by atoms with Crippen molar-refractivity contribution in [1.29, 1.82) is 0 Å². The summed E-state index contributed by atoms with van der Waals surface area (Å²) < 4.78 is 4.97. The van der Waals surface area contributed by atoms with Crippen molar-refractivity contribution >= 4 is 0 Å². The number of hydrogen-bond donors (Lipinski definition) is 1. The van der Waals surface area contributed by atoms with E-state index in [1.165, 1.54) is 16.7 Å². The predicted octanol–water partition coefficient (Wildman–Crippen LogP) is 2.08. The number of nitrogens with one attached hydrogen (secondary N) is 1. The summed E-state index contributed by atoms with van der Waals surface area (Å²) in [5.74, 6) is 0. The number of aryl methyl sites for hydroxylation is 2. The summed E-state index contributed by atoms with van der Waals surface area (Å²) in [6.45, 7) is 7.05. The zero-order chi connectivity index (χ0) is 11.1. The Kier molecular flexibility index (Phi) is 5.37. The topological polar surface area (TPSA) is 21.3 Å². The molecule has 0 saturated carbocycles. The second kappa shape index (κ2) is 6.59. The van der Waals surface area contributed by atoms with Crippen molar-refractivity contribution in [1.82, 2.24) is 5.32 Å². The van der Waals surface area contributed by atoms with Crippen LogP contribution in [0, 0.1) is 13.8 Å². The molecule has 0 amide bonds. The van der Waals surface area contributed by atoms with Gasteiger partial charge in [-0.15, -0.1) is 0 Å². The van der Waals surface area contributed by atoms with Crippen molar-refractivity contribution in [2.75, 3.05) is 26.8 Å². The quantitative estimate of drug-likeness (QED) is 0.721. The molecule has 0 saturated heterocycles. The van der Waals surface area contributed by atoms with E-state index in [-0.39, 0.29) is 0 Å². The van der Waals surface area contributed by atoms with Crippen molar-refractivity contribution in [3.8, 4) is 0 Å². The van der Waals surface area contributed by atoms with Crippen LogP contribution < -0.4 is 5.32 Å². The fourth-order valence-electron chi connectivity index (χ4n) is 1.49. The van der Waals surface area contributed by atoms with Gasteiger partial charge in [-0.05, 0) is 43.5 Å². The van der Waals surface area contributed by atoms with Crippen LogP contribution in [0.4, 0.5) is 0 Å². The molecule has 0 fully saturated rings. The fraction of sp³-hybridized carbons (Fsp3) is 0.538. The van der Waals surface area contributed by atoms with Gasteiger partial charge in [0.05, 0.1) is 6.61 Å². The summed E-state index contributed by atoms with van der Waals surface area (Å²) in [6.07, 6.45) is 1.09. The van der Waals surface area contributed by atoms with Gasteiger partial charge in [0.1, 0.15) is 0 Å². The Hall–Kier alpha value is -0.860. The average Bonchev–Trinajstić information content (AvgIpc) is 2.23. The van der Waals surface area contributed by atoms with Crippen LogP contribution in [0.2, 0.25) is 0 Å². The lowest BCUT2D eigenvalue weighted by Crippen LogP contribution is -2.21. The molecule has 0 aliphatic heterocycles. The zero-order valence-corrected chi connectivity index (χ0v) is 9.97. The van der Waals surface area contributed by atoms with Gasteiger partial charge in [-0.2, -0.15) is 0 Å². The summed E-state index contributed by atoms with van der Waals surface area (Å²) >= 11 is 0. The van der Waals surface area contributed by atoms with E-state index < -0.39 is 0 Å². The lowest BCUT2D eigenvalue weighted by atomic mass is 10.0. The second-order valence-corrected chi connectivity index (χ2v) is 3.91. The summed E-state index contributed by atoms with van der Waals surface area (Å²) in [7, 11) is 1.73. The van der Waals surface area contributed by atoms with E-state index in [1.807, 2.05) is 0 Å². The Morgan fingerprint density at radius 1 is 1.13 bits per heavy atom. The Bertz CT molecular complexity index is 297. The maximum atomic E-state index is 4.97. The van der Waals surface area contributed by atoms with Gasteiger partial charge in [0.25, 0.3) is 0 Å². The van der Waals surface area contributed by atoms with E-state index in [0.29, 0.717) is 0 Å². The van der Waals surface area contributed by atoms with Crippen LogP contribution in [-0.4, -0.2) is 26.8 Å². The van der Waals surface area contributed by atoms with E-state index in [2.05, 4.69) is 37.4 Å². The molecule has 15 heavy (non-hydrogen) atoms. The molecule has 0 aliphatic carbocycles. The van der Waals surface area contributed by atoms with Crippen LogP contribution in [-0.2, 0) is 11.2 Å². The highest BCUT2D eigenvalue weighted by Gasteiger charge is 1.96. The van der Waals surface area contributed by atoms with Gasteiger partial charge in [0.15, 0.2) is 0 Å². The molecule has 1 rings (SSSR count). The average molecular weight is 207 g/mol. The minimum Gasteiger partial charge on any atom is -0.383 e. The Labute approximate surface area is 92.6 Å². The van der Waals surface area contributed by atoms with Gasteiger partial charge >= 0.3 is 0 Å². The standard InChI is InChI=1S/C13H21NO/c1-11-4-5-13(10-12(11)2)6-7-14-8-9-15-3/h4-5,10,14H,6-9H2,1-3H3. The number of rotatable bonds is 6. The maximum Gasteiger partial charge on any atom is 0.0587 e. The van der Waals surface area contributed by atoms with Gasteiger partial charge in [-0.25, -0.2) is 0 Å². The highest BCUT2D eigenvalue weighted by atomic mass is 16.5. The molecular weight excluding hydrogens is 186 g/mol. The normalized spacial score (nSPS) is 10.6. The smallest absolute Gasteiger partial charge is 0.0587 e. The molecule has 84 valence electrons. The van der Waals surface area contributed by atoms with Crippen LogP contribution >= 0.6 is 0 Å². The first-order valence-corrected chi connectivity index (χ1v) is 5.50. The van der Waals surface area contributed by atoms with Crippen molar-refractivity contribution in [3.05, 3.63) is 34.9 Å². The molecule has 2 heteroatoms. The molecule has 0 aliphatic rings. The molecule has 0 heterocycles. The Morgan fingerprint density at radius 2 is 1.93 bits per heavy atom. The summed E-state index contributed by atoms with van der Waals surface area (Å²) in [6, 6.07) is 6.67. The number of methoxy groups -OCH3 is 1. The van der Waals surface area contributed by atoms with Crippen molar-refractivity contribution in [3.63, 3.8) is 0 Å². The molecule has 0 spiro atoms.